The molecule has 0 bridgehead atoms. The van der Waals surface area contributed by atoms with Gasteiger partial charge < -0.3 is 16.8 Å². The second-order valence-corrected chi connectivity index (χ2v) is 6.75. The van der Waals surface area contributed by atoms with Crippen molar-refractivity contribution in [1.29, 1.82) is 0 Å². The molecule has 128 valence electrons. The van der Waals surface area contributed by atoms with Crippen LogP contribution in [0.1, 0.15) is 5.69 Å². The molecule has 0 unspecified atom stereocenters. The van der Waals surface area contributed by atoms with E-state index < -0.39 is 16.0 Å². The highest BCUT2D eigenvalue weighted by atomic mass is 32.2. The Morgan fingerprint density at radius 1 is 1.12 bits per heavy atom. The normalized spacial score (nSPS) is 11.2. The fourth-order valence-electron chi connectivity index (χ4n) is 2.13. The number of nitrogens with two attached hydrogens (primary N) is 2. The second-order valence-electron chi connectivity index (χ2n) is 5.14. The number of fused-ring (bicyclic) bond motifs is 1. The minimum absolute atomic E-state index is 0.0167. The number of benzene rings is 1. The molecule has 2 aromatic heterocycles. The van der Waals surface area contributed by atoms with Crippen molar-refractivity contribution in [2.75, 3.05) is 5.32 Å². The first-order valence-corrected chi connectivity index (χ1v) is 8.61. The average molecular weight is 357 g/mol. The van der Waals surface area contributed by atoms with Gasteiger partial charge in [0.05, 0.1) is 10.6 Å². The van der Waals surface area contributed by atoms with E-state index >= 15 is 0 Å². The van der Waals surface area contributed by atoms with Crippen LogP contribution >= 0.6 is 0 Å². The SMILES string of the molecule is Cc1nc2ncccc2nc1Nc1ccc(S(=O)(=O)N=C(N)N)cc1. The number of aromatic nitrogens is 3. The van der Waals surface area contributed by atoms with E-state index in [4.69, 9.17) is 11.5 Å². The van der Waals surface area contributed by atoms with Gasteiger partial charge in [0.25, 0.3) is 10.0 Å². The third-order valence-electron chi connectivity index (χ3n) is 3.26. The van der Waals surface area contributed by atoms with Gasteiger partial charge >= 0.3 is 0 Å². The molecule has 0 fully saturated rings. The van der Waals surface area contributed by atoms with Gasteiger partial charge in [0, 0.05) is 11.9 Å². The van der Waals surface area contributed by atoms with Crippen molar-refractivity contribution in [2.45, 2.75) is 11.8 Å². The zero-order valence-corrected chi connectivity index (χ0v) is 14.0. The Morgan fingerprint density at radius 3 is 2.52 bits per heavy atom. The number of sulfonamides is 1. The molecule has 0 atom stereocenters. The highest BCUT2D eigenvalue weighted by molar-refractivity contribution is 7.90. The van der Waals surface area contributed by atoms with Crippen LogP contribution in [0.25, 0.3) is 11.2 Å². The molecule has 0 aliphatic heterocycles. The maximum absolute atomic E-state index is 11.9. The summed E-state index contributed by atoms with van der Waals surface area (Å²) >= 11 is 0. The molecule has 5 N–H and O–H groups in total. The van der Waals surface area contributed by atoms with Crippen LogP contribution in [0, 0.1) is 6.92 Å². The number of nitrogens with one attached hydrogen (secondary N) is 1. The molecule has 3 rings (SSSR count). The number of hydrogen-bond acceptors (Lipinski definition) is 6. The Kier molecular flexibility index (Phi) is 4.19. The molecule has 0 spiro atoms. The maximum Gasteiger partial charge on any atom is 0.285 e. The molecule has 1 aromatic carbocycles. The maximum atomic E-state index is 11.9. The van der Waals surface area contributed by atoms with E-state index in [9.17, 15) is 8.42 Å². The van der Waals surface area contributed by atoms with E-state index in [0.29, 0.717) is 28.4 Å². The molecule has 2 heterocycles. The Morgan fingerprint density at radius 2 is 1.84 bits per heavy atom. The molecule has 9 nitrogen and oxygen atoms in total. The number of nitrogens with zero attached hydrogens (tertiary/aromatic N) is 4. The Hall–Kier alpha value is -3.27. The molecule has 0 saturated heterocycles. The Bertz CT molecular complexity index is 1060. The second kappa shape index (κ2) is 6.32. The highest BCUT2D eigenvalue weighted by Gasteiger charge is 2.13. The third kappa shape index (κ3) is 3.63. The highest BCUT2D eigenvalue weighted by Crippen LogP contribution is 2.21. The summed E-state index contributed by atoms with van der Waals surface area (Å²) in [6, 6.07) is 9.56. The van der Waals surface area contributed by atoms with Crippen LogP contribution in [0.4, 0.5) is 11.5 Å². The van der Waals surface area contributed by atoms with Gasteiger partial charge in [-0.1, -0.05) is 0 Å². The lowest BCUT2D eigenvalue weighted by atomic mass is 10.3. The van der Waals surface area contributed by atoms with Gasteiger partial charge in [-0.15, -0.1) is 4.40 Å². The number of anilines is 2. The van der Waals surface area contributed by atoms with Gasteiger partial charge in [0.1, 0.15) is 5.52 Å². The van der Waals surface area contributed by atoms with E-state index in [0.717, 1.165) is 0 Å². The lowest BCUT2D eigenvalue weighted by molar-refractivity contribution is 0.598. The van der Waals surface area contributed by atoms with Crippen LogP contribution in [-0.4, -0.2) is 29.3 Å². The van der Waals surface area contributed by atoms with Crippen LogP contribution in [0.2, 0.25) is 0 Å². The number of hydrogen-bond donors (Lipinski definition) is 3. The molecule has 10 heteroatoms. The number of guanidine groups is 1. The van der Waals surface area contributed by atoms with Gasteiger partial charge in [-0.25, -0.2) is 15.0 Å². The van der Waals surface area contributed by atoms with E-state index in [1.165, 1.54) is 12.1 Å². The van der Waals surface area contributed by atoms with Crippen molar-refractivity contribution >= 4 is 38.7 Å². The first-order valence-electron chi connectivity index (χ1n) is 7.17. The average Bonchev–Trinajstić information content (AvgIpc) is 2.55. The van der Waals surface area contributed by atoms with Crippen molar-refractivity contribution in [1.82, 2.24) is 15.0 Å². The van der Waals surface area contributed by atoms with Crippen LogP contribution in [0.3, 0.4) is 0 Å². The molecule has 0 aliphatic rings. The quantitative estimate of drug-likeness (QED) is 0.463. The lowest BCUT2D eigenvalue weighted by Gasteiger charge is -2.09. The van der Waals surface area contributed by atoms with Crippen molar-refractivity contribution < 1.29 is 8.42 Å². The summed E-state index contributed by atoms with van der Waals surface area (Å²) in [5, 5.41) is 3.10. The predicted octanol–water partition coefficient (Wildman–Crippen LogP) is 1.04. The summed E-state index contributed by atoms with van der Waals surface area (Å²) in [6.07, 6.45) is 1.65. The summed E-state index contributed by atoms with van der Waals surface area (Å²) in [7, 11) is -3.91. The van der Waals surface area contributed by atoms with Crippen LogP contribution in [-0.2, 0) is 10.0 Å². The summed E-state index contributed by atoms with van der Waals surface area (Å²) in [6.45, 7) is 1.81. The van der Waals surface area contributed by atoms with Crippen LogP contribution in [0.5, 0.6) is 0 Å². The number of rotatable bonds is 4. The predicted molar refractivity (Wildman–Crippen MR) is 94.8 cm³/mol. The van der Waals surface area contributed by atoms with Crippen molar-refractivity contribution in [3.63, 3.8) is 0 Å². The van der Waals surface area contributed by atoms with Crippen molar-refractivity contribution in [3.05, 3.63) is 48.3 Å². The fraction of sp³-hybridized carbons (Fsp3) is 0.0667. The molecule has 0 amide bonds. The van der Waals surface area contributed by atoms with E-state index in [1.807, 2.05) is 6.07 Å². The lowest BCUT2D eigenvalue weighted by Crippen LogP contribution is -2.24. The first-order chi connectivity index (χ1) is 11.8. The largest absolute Gasteiger partial charge is 0.369 e. The van der Waals surface area contributed by atoms with Crippen LogP contribution < -0.4 is 16.8 Å². The zero-order chi connectivity index (χ0) is 18.0. The van der Waals surface area contributed by atoms with Gasteiger partial charge in [0.2, 0.25) is 5.96 Å². The Labute approximate surface area is 143 Å². The van der Waals surface area contributed by atoms with E-state index in [1.54, 1.807) is 31.3 Å². The molecule has 25 heavy (non-hydrogen) atoms. The molecule has 0 radical (unpaired) electrons. The summed E-state index contributed by atoms with van der Waals surface area (Å²) in [4.78, 5) is 13.0. The monoisotopic (exact) mass is 357 g/mol. The third-order valence-corrected chi connectivity index (χ3v) is 4.57. The van der Waals surface area contributed by atoms with E-state index in [2.05, 4.69) is 24.7 Å². The molecular formula is C15H15N7O2S. The molecule has 0 saturated carbocycles. The Balaban J connectivity index is 1.89. The summed E-state index contributed by atoms with van der Waals surface area (Å²) in [5.74, 6) is 0.0400. The minimum atomic E-state index is -3.91. The van der Waals surface area contributed by atoms with Gasteiger partial charge in [0.15, 0.2) is 11.5 Å². The number of aryl methyl sites for hydroxylation is 1. The zero-order valence-electron chi connectivity index (χ0n) is 13.2. The van der Waals surface area contributed by atoms with Crippen molar-refractivity contribution in [3.8, 4) is 0 Å². The van der Waals surface area contributed by atoms with Gasteiger partial charge in [-0.05, 0) is 43.3 Å². The first kappa shape index (κ1) is 16.6. The molecular weight excluding hydrogens is 342 g/mol. The molecule has 0 aliphatic carbocycles. The fourth-order valence-corrected chi connectivity index (χ4v) is 2.99. The standard InChI is InChI=1S/C15H15N7O2S/c1-9-13(21-12-3-2-8-18-14(12)19-9)20-10-4-6-11(7-5-10)25(23,24)22-15(16)17/h2-8H,1H3,(H,20,21)(H4,16,17,22). The van der Waals surface area contributed by atoms with Gasteiger partial charge in [-0.3, -0.25) is 0 Å². The van der Waals surface area contributed by atoms with E-state index in [-0.39, 0.29) is 4.90 Å². The summed E-state index contributed by atoms with van der Waals surface area (Å²) in [5.41, 5.74) is 12.8. The smallest absolute Gasteiger partial charge is 0.285 e. The van der Waals surface area contributed by atoms with Gasteiger partial charge in [-0.2, -0.15) is 8.42 Å². The topological polar surface area (TPSA) is 149 Å². The minimum Gasteiger partial charge on any atom is -0.369 e. The number of pyridine rings is 1. The summed E-state index contributed by atoms with van der Waals surface area (Å²) < 4.78 is 27.1. The van der Waals surface area contributed by atoms with Crippen LogP contribution in [0.15, 0.2) is 51.9 Å². The molecule has 3 aromatic rings. The van der Waals surface area contributed by atoms with Crippen molar-refractivity contribution in [2.24, 2.45) is 15.9 Å².